The zero-order chi connectivity index (χ0) is 17.8. The highest BCUT2D eigenvalue weighted by Gasteiger charge is 2.23. The zero-order valence-corrected chi connectivity index (χ0v) is 14.1. The summed E-state index contributed by atoms with van der Waals surface area (Å²) in [5.41, 5.74) is 6.91. The summed E-state index contributed by atoms with van der Waals surface area (Å²) >= 11 is 0. The summed E-state index contributed by atoms with van der Waals surface area (Å²) in [7, 11) is 0. The van der Waals surface area contributed by atoms with Gasteiger partial charge in [-0.1, -0.05) is 5.16 Å². The number of piperazine rings is 1. The monoisotopic (exact) mass is 343 g/mol. The Kier molecular flexibility index (Phi) is 4.99. The van der Waals surface area contributed by atoms with Gasteiger partial charge >= 0.3 is 0 Å². The van der Waals surface area contributed by atoms with Gasteiger partial charge in [0.05, 0.1) is 6.54 Å². The molecule has 0 spiro atoms. The fraction of sp³-hybridized carbons (Fsp3) is 0.353. The van der Waals surface area contributed by atoms with Crippen molar-refractivity contribution in [2.45, 2.75) is 6.92 Å². The first-order valence-corrected chi connectivity index (χ1v) is 8.11. The summed E-state index contributed by atoms with van der Waals surface area (Å²) in [4.78, 5) is 28.3. The zero-order valence-electron chi connectivity index (χ0n) is 14.1. The number of aromatic nitrogens is 1. The van der Waals surface area contributed by atoms with Crippen LogP contribution in [-0.4, -0.2) is 59.5 Å². The number of nitrogen functional groups attached to an aromatic ring is 1. The summed E-state index contributed by atoms with van der Waals surface area (Å²) in [5, 5.41) is 6.43. The lowest BCUT2D eigenvalue weighted by atomic mass is 10.1. The molecule has 2 heterocycles. The Morgan fingerprint density at radius 3 is 2.48 bits per heavy atom. The smallest absolute Gasteiger partial charge is 0.253 e. The van der Waals surface area contributed by atoms with Crippen LogP contribution < -0.4 is 11.1 Å². The van der Waals surface area contributed by atoms with Gasteiger partial charge in [-0.15, -0.1) is 0 Å². The lowest BCUT2D eigenvalue weighted by Crippen LogP contribution is -2.50. The number of nitrogens with one attached hydrogen (secondary N) is 1. The molecule has 3 N–H and O–H groups in total. The van der Waals surface area contributed by atoms with E-state index in [0.717, 1.165) is 0 Å². The first kappa shape index (κ1) is 17.0. The number of hydrogen-bond acceptors (Lipinski definition) is 6. The molecule has 2 amide bonds. The van der Waals surface area contributed by atoms with Gasteiger partial charge in [0.25, 0.3) is 5.91 Å². The third kappa shape index (κ3) is 4.36. The van der Waals surface area contributed by atoms with Crippen LogP contribution in [0, 0.1) is 6.92 Å². The fourth-order valence-corrected chi connectivity index (χ4v) is 2.73. The number of benzene rings is 1. The van der Waals surface area contributed by atoms with Crippen LogP contribution in [0.1, 0.15) is 16.1 Å². The van der Waals surface area contributed by atoms with E-state index in [1.807, 2.05) is 4.90 Å². The second-order valence-electron chi connectivity index (χ2n) is 6.06. The maximum absolute atomic E-state index is 12.5. The van der Waals surface area contributed by atoms with Crippen LogP contribution in [0.3, 0.4) is 0 Å². The Balaban J connectivity index is 1.47. The molecule has 0 saturated carbocycles. The predicted molar refractivity (Wildman–Crippen MR) is 93.1 cm³/mol. The third-order valence-electron chi connectivity index (χ3n) is 4.08. The molecule has 1 aromatic carbocycles. The molecule has 0 unspecified atom stereocenters. The molecule has 8 nitrogen and oxygen atoms in total. The van der Waals surface area contributed by atoms with E-state index in [0.29, 0.717) is 49.0 Å². The Morgan fingerprint density at radius 1 is 1.20 bits per heavy atom. The van der Waals surface area contributed by atoms with E-state index in [2.05, 4.69) is 10.5 Å². The van der Waals surface area contributed by atoms with E-state index < -0.39 is 0 Å². The number of rotatable bonds is 4. The fourth-order valence-electron chi connectivity index (χ4n) is 2.73. The first-order valence-electron chi connectivity index (χ1n) is 8.11. The van der Waals surface area contributed by atoms with Crippen LogP contribution in [0.4, 0.5) is 11.5 Å². The van der Waals surface area contributed by atoms with Crippen LogP contribution in [0.2, 0.25) is 0 Å². The number of amides is 2. The van der Waals surface area contributed by atoms with E-state index in [9.17, 15) is 9.59 Å². The van der Waals surface area contributed by atoms with E-state index in [1.165, 1.54) is 0 Å². The molecule has 0 atom stereocenters. The molecule has 132 valence electrons. The molecule has 2 aromatic rings. The standard InChI is InChI=1S/C17H21N5O3/c1-12-10-15(20-25-12)19-16(23)11-21-6-8-22(9-7-21)17(24)13-2-4-14(18)5-3-13/h2-5,10H,6-9,11,18H2,1H3,(H,19,20,23). The molecule has 1 saturated heterocycles. The number of carbonyl (C=O) groups is 2. The number of carbonyl (C=O) groups excluding carboxylic acids is 2. The topological polar surface area (TPSA) is 105 Å². The maximum Gasteiger partial charge on any atom is 0.253 e. The van der Waals surface area contributed by atoms with Crippen molar-refractivity contribution in [3.8, 4) is 0 Å². The van der Waals surface area contributed by atoms with Gasteiger partial charge in [0.2, 0.25) is 5.91 Å². The number of aryl methyl sites for hydroxylation is 1. The molecule has 1 aliphatic heterocycles. The molecule has 25 heavy (non-hydrogen) atoms. The summed E-state index contributed by atoms with van der Waals surface area (Å²) in [6.07, 6.45) is 0. The molecule has 0 bridgehead atoms. The van der Waals surface area contributed by atoms with Crippen LogP contribution in [-0.2, 0) is 4.79 Å². The van der Waals surface area contributed by atoms with Gasteiger partial charge in [-0.2, -0.15) is 0 Å². The van der Waals surface area contributed by atoms with Gasteiger partial charge in [-0.05, 0) is 31.2 Å². The van der Waals surface area contributed by atoms with Crippen molar-refractivity contribution in [1.29, 1.82) is 0 Å². The van der Waals surface area contributed by atoms with Crippen LogP contribution in [0.15, 0.2) is 34.9 Å². The van der Waals surface area contributed by atoms with Crippen LogP contribution in [0.5, 0.6) is 0 Å². The van der Waals surface area contributed by atoms with Gasteiger partial charge in [0.15, 0.2) is 5.82 Å². The SMILES string of the molecule is Cc1cc(NC(=O)CN2CCN(C(=O)c3ccc(N)cc3)CC2)no1. The minimum absolute atomic E-state index is 0.0119. The van der Waals surface area contributed by atoms with Crippen molar-refractivity contribution < 1.29 is 14.1 Å². The first-order chi connectivity index (χ1) is 12.0. The molecular formula is C17H21N5O3. The lowest BCUT2D eigenvalue weighted by molar-refractivity contribution is -0.117. The maximum atomic E-state index is 12.5. The second kappa shape index (κ2) is 7.35. The van der Waals surface area contributed by atoms with Crippen molar-refractivity contribution in [2.24, 2.45) is 0 Å². The van der Waals surface area contributed by atoms with Crippen molar-refractivity contribution in [1.82, 2.24) is 15.0 Å². The van der Waals surface area contributed by atoms with Gasteiger partial charge in [0.1, 0.15) is 5.76 Å². The largest absolute Gasteiger partial charge is 0.399 e. The molecule has 1 aliphatic rings. The van der Waals surface area contributed by atoms with Crippen LogP contribution >= 0.6 is 0 Å². The Morgan fingerprint density at radius 2 is 1.88 bits per heavy atom. The Hall–Kier alpha value is -2.87. The molecular weight excluding hydrogens is 322 g/mol. The quantitative estimate of drug-likeness (QED) is 0.801. The van der Waals surface area contributed by atoms with Crippen molar-refractivity contribution in [3.05, 3.63) is 41.7 Å². The molecule has 1 aromatic heterocycles. The highest BCUT2D eigenvalue weighted by Crippen LogP contribution is 2.12. The van der Waals surface area contributed by atoms with Gasteiger partial charge in [-0.3, -0.25) is 14.5 Å². The van der Waals surface area contributed by atoms with Crippen molar-refractivity contribution in [3.63, 3.8) is 0 Å². The molecule has 8 heteroatoms. The number of hydrogen-bond donors (Lipinski definition) is 2. The summed E-state index contributed by atoms with van der Waals surface area (Å²) < 4.78 is 4.91. The van der Waals surface area contributed by atoms with E-state index in [4.69, 9.17) is 10.3 Å². The third-order valence-corrected chi connectivity index (χ3v) is 4.08. The molecule has 1 fully saturated rings. The highest BCUT2D eigenvalue weighted by molar-refractivity contribution is 5.94. The minimum atomic E-state index is -0.147. The number of nitrogens with two attached hydrogens (primary N) is 1. The van der Waals surface area contributed by atoms with Crippen molar-refractivity contribution in [2.75, 3.05) is 43.8 Å². The average Bonchev–Trinajstić information content (AvgIpc) is 3.00. The van der Waals surface area contributed by atoms with Gasteiger partial charge in [0, 0.05) is 43.5 Å². The number of nitrogens with zero attached hydrogens (tertiary/aromatic N) is 3. The van der Waals surface area contributed by atoms with E-state index in [1.54, 1.807) is 42.2 Å². The summed E-state index contributed by atoms with van der Waals surface area (Å²) in [6, 6.07) is 8.58. The normalized spacial score (nSPS) is 15.2. The molecule has 0 radical (unpaired) electrons. The van der Waals surface area contributed by atoms with Crippen molar-refractivity contribution >= 4 is 23.3 Å². The van der Waals surface area contributed by atoms with E-state index in [-0.39, 0.29) is 18.4 Å². The molecule has 3 rings (SSSR count). The molecule has 0 aliphatic carbocycles. The van der Waals surface area contributed by atoms with Crippen LogP contribution in [0.25, 0.3) is 0 Å². The predicted octanol–water partition coefficient (Wildman–Crippen LogP) is 0.962. The second-order valence-corrected chi connectivity index (χ2v) is 6.06. The Labute approximate surface area is 145 Å². The Bertz CT molecular complexity index is 748. The summed E-state index contributed by atoms with van der Waals surface area (Å²) in [5.74, 6) is 0.901. The average molecular weight is 343 g/mol. The lowest BCUT2D eigenvalue weighted by Gasteiger charge is -2.34. The van der Waals surface area contributed by atoms with Gasteiger partial charge in [-0.25, -0.2) is 0 Å². The highest BCUT2D eigenvalue weighted by atomic mass is 16.5. The summed E-state index contributed by atoms with van der Waals surface area (Å²) in [6.45, 7) is 4.48. The minimum Gasteiger partial charge on any atom is -0.399 e. The van der Waals surface area contributed by atoms with E-state index >= 15 is 0 Å². The number of anilines is 2. The van der Waals surface area contributed by atoms with Gasteiger partial charge < -0.3 is 20.5 Å².